The number of hydrogen-bond donors (Lipinski definition) is 0. The fraction of sp³-hybridized carbons (Fsp3) is 0.0690. The van der Waals surface area contributed by atoms with Crippen LogP contribution >= 0.6 is 0 Å². The second kappa shape index (κ2) is 11.8. The first-order valence-electron chi connectivity index (χ1n) is 10.9. The Morgan fingerprint density at radius 2 is 1.08 bits per heavy atom. The summed E-state index contributed by atoms with van der Waals surface area (Å²) in [6, 6.07) is 23.5. The van der Waals surface area contributed by atoms with Crippen molar-refractivity contribution >= 4 is 29.2 Å². The number of aliphatic carboxylic acids is 1. The van der Waals surface area contributed by atoms with Gasteiger partial charge in [0.2, 0.25) is 11.6 Å². The number of carbonyl (C=O) groups is 3. The molecule has 0 aliphatic carbocycles. The van der Waals surface area contributed by atoms with E-state index in [1.807, 2.05) is 38.1 Å². The number of rotatable bonds is 7. The van der Waals surface area contributed by atoms with E-state index in [0.29, 0.717) is 11.1 Å². The Bertz CT molecular complexity index is 1460. The summed E-state index contributed by atoms with van der Waals surface area (Å²) >= 11 is 0. The molecule has 7 heteroatoms. The van der Waals surface area contributed by atoms with Crippen molar-refractivity contribution in [3.8, 4) is 0 Å². The first-order chi connectivity index (χ1) is 16.8. The Morgan fingerprint density at radius 3 is 1.58 bits per heavy atom. The number of aryl methyl sites for hydroxylation is 2. The molecular weight excluding hydrogens is 463 g/mol. The van der Waals surface area contributed by atoms with Gasteiger partial charge in [0, 0.05) is 16.7 Å². The Morgan fingerprint density at radius 1 is 0.639 bits per heavy atom. The third-order valence-electron chi connectivity index (χ3n) is 5.40. The summed E-state index contributed by atoms with van der Waals surface area (Å²) in [6.45, 7) is 3.85. The summed E-state index contributed by atoms with van der Waals surface area (Å²) in [6.07, 6.45) is 1.28. The summed E-state index contributed by atoms with van der Waals surface area (Å²) in [7, 11) is 0. The van der Waals surface area contributed by atoms with Gasteiger partial charge in [-0.15, -0.1) is 0 Å². The van der Waals surface area contributed by atoms with Gasteiger partial charge in [-0.2, -0.15) is 0 Å². The Kier molecular flexibility index (Phi) is 8.83. The fourth-order valence-electron chi connectivity index (χ4n) is 3.46. The zero-order chi connectivity index (χ0) is 24.9. The molecule has 0 unspecified atom stereocenters. The Labute approximate surface area is 231 Å². The van der Waals surface area contributed by atoms with E-state index >= 15 is 0 Å². The SMILES string of the molecule is Cc1ccc(C(=O)c2cccc(/C=C(/C(=O)[O-])c3cccc(C(=O)c4ccc(C)cc4)n3)n2)cc1.[Na+]. The molecule has 2 heterocycles. The molecule has 0 spiro atoms. The molecular formula is C29H21N2NaO4. The van der Waals surface area contributed by atoms with Crippen LogP contribution in [-0.4, -0.2) is 27.5 Å². The maximum Gasteiger partial charge on any atom is 1.00 e. The van der Waals surface area contributed by atoms with Crippen LogP contribution in [0.15, 0.2) is 84.9 Å². The molecule has 0 aliphatic rings. The normalized spacial score (nSPS) is 10.9. The van der Waals surface area contributed by atoms with Gasteiger partial charge >= 0.3 is 29.6 Å². The van der Waals surface area contributed by atoms with E-state index in [2.05, 4.69) is 9.97 Å². The Hall–Kier alpha value is -3.71. The summed E-state index contributed by atoms with van der Waals surface area (Å²) < 4.78 is 0. The second-order valence-electron chi connectivity index (χ2n) is 8.09. The van der Waals surface area contributed by atoms with Crippen molar-refractivity contribution in [3.05, 3.63) is 130 Å². The van der Waals surface area contributed by atoms with Crippen molar-refractivity contribution < 1.29 is 49.0 Å². The number of pyridine rings is 2. The van der Waals surface area contributed by atoms with Gasteiger partial charge in [0.15, 0.2) is 0 Å². The van der Waals surface area contributed by atoms with Gasteiger partial charge in [-0.25, -0.2) is 9.97 Å². The summed E-state index contributed by atoms with van der Waals surface area (Å²) in [5.74, 6) is -2.08. The summed E-state index contributed by atoms with van der Waals surface area (Å²) in [4.78, 5) is 46.2. The van der Waals surface area contributed by atoms with E-state index in [4.69, 9.17) is 0 Å². The smallest absolute Gasteiger partial charge is 0.545 e. The molecule has 0 amide bonds. The molecule has 0 aliphatic heterocycles. The third-order valence-corrected chi connectivity index (χ3v) is 5.40. The maximum atomic E-state index is 12.8. The average Bonchev–Trinajstić information content (AvgIpc) is 2.87. The molecule has 172 valence electrons. The minimum Gasteiger partial charge on any atom is -0.545 e. The topological polar surface area (TPSA) is 100 Å². The molecule has 4 aromatic rings. The predicted molar refractivity (Wildman–Crippen MR) is 131 cm³/mol. The maximum absolute atomic E-state index is 12.8. The van der Waals surface area contributed by atoms with Crippen LogP contribution in [0.3, 0.4) is 0 Å². The van der Waals surface area contributed by atoms with E-state index in [9.17, 15) is 19.5 Å². The standard InChI is InChI=1S/C29H22N2O4.Na/c1-18-9-13-20(14-10-18)27(32)25-7-3-5-22(30-25)17-23(29(34)35)24-6-4-8-26(31-24)28(33)21-15-11-19(2)12-16-21;/h3-17H,1-2H3,(H,34,35);/q;+1/p-1/b23-17+;. The number of nitrogens with zero attached hydrogens (tertiary/aromatic N) is 2. The van der Waals surface area contributed by atoms with Gasteiger partial charge in [-0.3, -0.25) is 9.59 Å². The van der Waals surface area contributed by atoms with Crippen molar-refractivity contribution in [1.82, 2.24) is 9.97 Å². The molecule has 4 rings (SSSR count). The first kappa shape index (κ1) is 26.9. The second-order valence-corrected chi connectivity index (χ2v) is 8.09. The minimum absolute atomic E-state index is 0. The molecule has 0 bridgehead atoms. The molecule has 2 aromatic carbocycles. The number of hydrogen-bond acceptors (Lipinski definition) is 6. The van der Waals surface area contributed by atoms with Gasteiger partial charge in [-0.05, 0) is 44.2 Å². The van der Waals surface area contributed by atoms with E-state index in [1.165, 1.54) is 18.2 Å². The van der Waals surface area contributed by atoms with Gasteiger partial charge < -0.3 is 9.90 Å². The molecule has 0 N–H and O–H groups in total. The predicted octanol–water partition coefficient (Wildman–Crippen LogP) is 0.850. The summed E-state index contributed by atoms with van der Waals surface area (Å²) in [5, 5.41) is 12.0. The average molecular weight is 484 g/mol. The molecule has 0 atom stereocenters. The van der Waals surface area contributed by atoms with Crippen molar-refractivity contribution in [1.29, 1.82) is 0 Å². The van der Waals surface area contributed by atoms with E-state index in [1.54, 1.807) is 48.5 Å². The third kappa shape index (κ3) is 6.29. The van der Waals surface area contributed by atoms with Crippen molar-refractivity contribution in [2.24, 2.45) is 0 Å². The molecule has 6 nitrogen and oxygen atoms in total. The van der Waals surface area contributed by atoms with E-state index < -0.39 is 5.97 Å². The van der Waals surface area contributed by atoms with Crippen LogP contribution in [0, 0.1) is 13.8 Å². The van der Waals surface area contributed by atoms with Gasteiger partial charge in [0.25, 0.3) is 0 Å². The van der Waals surface area contributed by atoms with Crippen molar-refractivity contribution in [3.63, 3.8) is 0 Å². The number of benzene rings is 2. The van der Waals surface area contributed by atoms with Crippen molar-refractivity contribution in [2.45, 2.75) is 13.8 Å². The van der Waals surface area contributed by atoms with Gasteiger partial charge in [0.1, 0.15) is 11.4 Å². The molecule has 36 heavy (non-hydrogen) atoms. The number of aromatic nitrogens is 2. The molecule has 0 fully saturated rings. The van der Waals surface area contributed by atoms with Crippen molar-refractivity contribution in [2.75, 3.05) is 0 Å². The van der Waals surface area contributed by atoms with Gasteiger partial charge in [0.05, 0.1) is 17.4 Å². The number of carboxylic acids is 1. The first-order valence-corrected chi connectivity index (χ1v) is 10.9. The molecule has 0 saturated carbocycles. The van der Waals surface area contributed by atoms with E-state index in [-0.39, 0.29) is 69.5 Å². The molecule has 0 radical (unpaired) electrons. The molecule has 0 saturated heterocycles. The molecule has 2 aromatic heterocycles. The van der Waals surface area contributed by atoms with Crippen LogP contribution in [0.4, 0.5) is 0 Å². The quantitative estimate of drug-likeness (QED) is 0.219. The van der Waals surface area contributed by atoms with E-state index in [0.717, 1.165) is 11.1 Å². The zero-order valence-electron chi connectivity index (χ0n) is 20.2. The fourth-order valence-corrected chi connectivity index (χ4v) is 3.46. The number of ketones is 2. The monoisotopic (exact) mass is 484 g/mol. The minimum atomic E-state index is -1.48. The van der Waals surface area contributed by atoms with Gasteiger partial charge in [-0.1, -0.05) is 71.8 Å². The van der Waals surface area contributed by atoms with Crippen LogP contribution in [-0.2, 0) is 4.79 Å². The van der Waals surface area contributed by atoms with Crippen LogP contribution in [0.1, 0.15) is 54.6 Å². The van der Waals surface area contributed by atoms with Crippen LogP contribution in [0.5, 0.6) is 0 Å². The summed E-state index contributed by atoms with van der Waals surface area (Å²) in [5.41, 5.74) is 3.31. The zero-order valence-corrected chi connectivity index (χ0v) is 22.2. The number of carboxylic acid groups (broad SMARTS) is 1. The van der Waals surface area contributed by atoms with Crippen LogP contribution < -0.4 is 34.7 Å². The number of carbonyl (C=O) groups excluding carboxylic acids is 3. The largest absolute Gasteiger partial charge is 1.00 e. The van der Waals surface area contributed by atoms with Crippen LogP contribution in [0.2, 0.25) is 0 Å². The Balaban J connectivity index is 0.00000361. The van der Waals surface area contributed by atoms with Crippen LogP contribution in [0.25, 0.3) is 11.6 Å².